The van der Waals surface area contributed by atoms with Gasteiger partial charge in [-0.25, -0.2) is 4.79 Å². The Morgan fingerprint density at radius 2 is 1.84 bits per heavy atom. The van der Waals surface area contributed by atoms with E-state index in [1.807, 2.05) is 0 Å². The van der Waals surface area contributed by atoms with Crippen LogP contribution in [0, 0.1) is 20.2 Å². The van der Waals surface area contributed by atoms with Gasteiger partial charge in [0.25, 0.3) is 10.8 Å². The van der Waals surface area contributed by atoms with E-state index >= 15 is 0 Å². The number of benzene rings is 1. The maximum Gasteiger partial charge on any atom is 0.337 e. The number of ether oxygens (including phenoxy) is 3. The second-order valence-electron chi connectivity index (χ2n) is 9.59. The minimum absolute atomic E-state index is 0.0362. The highest BCUT2D eigenvalue weighted by Gasteiger charge is 2.62. The maximum atomic E-state index is 14.1. The number of non-ortho nitro benzene ring substituents is 1. The van der Waals surface area contributed by atoms with E-state index < -0.39 is 64.3 Å². The molecule has 3 aliphatic heterocycles. The van der Waals surface area contributed by atoms with Crippen LogP contribution in [0.2, 0.25) is 0 Å². The third-order valence-corrected chi connectivity index (χ3v) is 6.67. The van der Waals surface area contributed by atoms with Gasteiger partial charge in [-0.2, -0.15) is 0 Å². The van der Waals surface area contributed by atoms with Crippen LogP contribution in [0.5, 0.6) is 0 Å². The van der Waals surface area contributed by atoms with Crippen LogP contribution in [-0.4, -0.2) is 70.1 Å². The summed E-state index contributed by atoms with van der Waals surface area (Å²) in [4.78, 5) is 53.7. The zero-order chi connectivity index (χ0) is 27.9. The van der Waals surface area contributed by atoms with Gasteiger partial charge in [-0.05, 0) is 33.3 Å². The summed E-state index contributed by atoms with van der Waals surface area (Å²) < 4.78 is 16.5. The fourth-order valence-electron chi connectivity index (χ4n) is 5.12. The van der Waals surface area contributed by atoms with E-state index in [1.165, 1.54) is 24.3 Å². The Morgan fingerprint density at radius 1 is 1.16 bits per heavy atom. The average molecular weight is 533 g/mol. The van der Waals surface area contributed by atoms with Crippen molar-refractivity contribution in [2.24, 2.45) is 0 Å². The number of rotatable bonds is 8. The van der Waals surface area contributed by atoms with Crippen LogP contribution < -0.4 is 5.32 Å². The number of nitrogens with one attached hydrogen (secondary N) is 1. The lowest BCUT2D eigenvalue weighted by molar-refractivity contribution is -0.769. The van der Waals surface area contributed by atoms with Crippen LogP contribution in [0.25, 0.3) is 0 Å². The van der Waals surface area contributed by atoms with Crippen LogP contribution in [0.4, 0.5) is 5.69 Å². The minimum Gasteiger partial charge on any atom is -0.460 e. The molecule has 4 rings (SSSR count). The van der Waals surface area contributed by atoms with Crippen molar-refractivity contribution in [1.82, 2.24) is 5.32 Å². The first-order valence-corrected chi connectivity index (χ1v) is 11.8. The summed E-state index contributed by atoms with van der Waals surface area (Å²) in [7, 11) is 0. The molecule has 204 valence electrons. The molecule has 3 heterocycles. The molecule has 2 saturated heterocycles. The van der Waals surface area contributed by atoms with Gasteiger partial charge in [-0.15, -0.1) is 10.1 Å². The van der Waals surface area contributed by atoms with E-state index in [2.05, 4.69) is 10.2 Å². The lowest BCUT2D eigenvalue weighted by Crippen LogP contribution is -2.53. The van der Waals surface area contributed by atoms with Crippen LogP contribution in [0.3, 0.4) is 0 Å². The third-order valence-electron chi connectivity index (χ3n) is 6.67. The molecule has 0 amide bonds. The van der Waals surface area contributed by atoms with Crippen LogP contribution in [0.15, 0.2) is 46.8 Å². The normalized spacial score (nSPS) is 28.7. The molecule has 0 radical (unpaired) electrons. The largest absolute Gasteiger partial charge is 0.460 e. The zero-order valence-electron chi connectivity index (χ0n) is 21.0. The van der Waals surface area contributed by atoms with E-state index in [-0.39, 0.29) is 34.7 Å². The number of nitro groups is 1. The number of nitrogens with zero attached hydrogens (tertiary/aromatic N) is 2. The molecule has 0 aliphatic carbocycles. The monoisotopic (exact) mass is 533 g/mol. The second kappa shape index (κ2) is 10.1. The first-order chi connectivity index (χ1) is 17.8. The van der Waals surface area contributed by atoms with Gasteiger partial charge < -0.3 is 29.5 Å². The van der Waals surface area contributed by atoms with Crippen LogP contribution in [0.1, 0.15) is 39.2 Å². The Balaban J connectivity index is 1.80. The molecular weight excluding hydrogens is 506 g/mol. The van der Waals surface area contributed by atoms with Gasteiger partial charge in [-0.1, -0.05) is 12.1 Å². The second-order valence-corrected chi connectivity index (χ2v) is 9.59. The molecule has 14 heteroatoms. The van der Waals surface area contributed by atoms with Gasteiger partial charge in [0.2, 0.25) is 0 Å². The van der Waals surface area contributed by atoms with Crippen LogP contribution >= 0.6 is 0 Å². The summed E-state index contributed by atoms with van der Waals surface area (Å²) in [5, 5.41) is 35.9. The minimum atomic E-state index is -2.28. The van der Waals surface area contributed by atoms with E-state index in [1.54, 1.807) is 27.7 Å². The van der Waals surface area contributed by atoms with Crippen molar-refractivity contribution >= 4 is 17.4 Å². The molecule has 1 unspecified atom stereocenters. The van der Waals surface area contributed by atoms with Gasteiger partial charge in [-0.3, -0.25) is 14.9 Å². The van der Waals surface area contributed by atoms with Crippen LogP contribution in [-0.2, 0) is 28.6 Å². The molecule has 1 aromatic carbocycles. The first kappa shape index (κ1) is 27.2. The summed E-state index contributed by atoms with van der Waals surface area (Å²) in [6, 6.07) is 5.48. The van der Waals surface area contributed by atoms with E-state index in [0.29, 0.717) is 5.70 Å². The van der Waals surface area contributed by atoms with Gasteiger partial charge in [0.15, 0.2) is 17.5 Å². The highest BCUT2D eigenvalue weighted by Crippen LogP contribution is 2.45. The molecule has 5 atom stereocenters. The molecule has 2 N–H and O–H groups in total. The number of hydrogen-bond donors (Lipinski definition) is 2. The van der Waals surface area contributed by atoms with Gasteiger partial charge in [0, 0.05) is 35.0 Å². The summed E-state index contributed by atoms with van der Waals surface area (Å²) in [6.45, 7) is 5.64. The Kier molecular flexibility index (Phi) is 7.23. The highest BCUT2D eigenvalue weighted by atomic mass is 17.0. The number of carbonyl (C=O) groups excluding carboxylic acids is 2. The molecule has 14 nitrogen and oxygen atoms in total. The lowest BCUT2D eigenvalue weighted by Gasteiger charge is -2.35. The molecular formula is C24H27N3O11. The summed E-state index contributed by atoms with van der Waals surface area (Å²) in [6.07, 6.45) is -4.03. The summed E-state index contributed by atoms with van der Waals surface area (Å²) >= 11 is 0. The van der Waals surface area contributed by atoms with Crippen molar-refractivity contribution in [3.8, 4) is 0 Å². The summed E-state index contributed by atoms with van der Waals surface area (Å²) in [5.41, 5.74) is -1.66. The number of fused-ring (bicyclic) bond motifs is 1. The summed E-state index contributed by atoms with van der Waals surface area (Å²) in [5.74, 6) is -2.76. The molecule has 38 heavy (non-hydrogen) atoms. The van der Waals surface area contributed by atoms with Crippen molar-refractivity contribution in [3.63, 3.8) is 0 Å². The smallest absolute Gasteiger partial charge is 0.337 e. The van der Waals surface area contributed by atoms with Gasteiger partial charge >= 0.3 is 5.97 Å². The number of nitro benzene ring substituents is 1. The average Bonchev–Trinajstić information content (AvgIpc) is 3.39. The van der Waals surface area contributed by atoms with Crippen molar-refractivity contribution < 1.29 is 43.8 Å². The molecule has 2 fully saturated rings. The topological polar surface area (TPSA) is 190 Å². The number of carbonyl (C=O) groups is 2. The number of hydrogen-bond acceptors (Lipinski definition) is 12. The maximum absolute atomic E-state index is 14.1. The lowest BCUT2D eigenvalue weighted by atomic mass is 9.74. The SMILES string of the molecule is CC1=C(C(=O)OC(C)C)C(c2cccc([N+](=O)[O-])c2)C(C(=O)[C@]2(O)CO[C@@H]3[C@H](O[N+](=O)[O-])CO[C@@H]32)=C(C)N1. The third kappa shape index (κ3) is 4.73. The number of esters is 1. The van der Waals surface area contributed by atoms with E-state index in [4.69, 9.17) is 14.2 Å². The Morgan fingerprint density at radius 3 is 2.47 bits per heavy atom. The molecule has 0 saturated carbocycles. The van der Waals surface area contributed by atoms with E-state index in [9.17, 15) is 34.9 Å². The zero-order valence-corrected chi connectivity index (χ0v) is 21.0. The fraction of sp³-hybridized carbons (Fsp3) is 0.500. The Hall–Kier alpha value is -3.88. The Bertz CT molecular complexity index is 1260. The quantitative estimate of drug-likeness (QED) is 0.278. The van der Waals surface area contributed by atoms with Crippen molar-refractivity contribution in [2.45, 2.75) is 63.6 Å². The molecule has 0 spiro atoms. The molecule has 3 aliphatic rings. The highest BCUT2D eigenvalue weighted by molar-refractivity contribution is 6.08. The Labute approximate surface area is 216 Å². The molecule has 1 aromatic rings. The standard InChI is InChI=1S/C24H27N3O11/c1-11(2)37-23(29)18-13(4)25-12(3)17(19(18)14-6-5-7-15(8-14)26(31)32)21(28)24(30)10-36-20-16(38-27(33)34)9-35-22(20)24/h5-8,11,16,19-20,22,25,30H,9-10H2,1-4H3/t16-,19?,20-,22+,24-/m1/s1. The van der Waals surface area contributed by atoms with Crippen molar-refractivity contribution in [1.29, 1.82) is 0 Å². The number of allylic oxidation sites excluding steroid dienone is 2. The van der Waals surface area contributed by atoms with Crippen molar-refractivity contribution in [3.05, 3.63) is 72.6 Å². The number of ketones is 1. The molecule has 0 bridgehead atoms. The molecule has 0 aromatic heterocycles. The number of dihydropyridines is 1. The van der Waals surface area contributed by atoms with E-state index in [0.717, 1.165) is 0 Å². The fourth-order valence-corrected chi connectivity index (χ4v) is 5.12. The number of aliphatic hydroxyl groups is 1. The first-order valence-electron chi connectivity index (χ1n) is 11.8. The predicted octanol–water partition coefficient (Wildman–Crippen LogP) is 1.46. The number of Topliss-reactive ketones (excluding diaryl/α,β-unsaturated/α-hetero) is 1. The van der Waals surface area contributed by atoms with Gasteiger partial charge in [0.05, 0.1) is 29.8 Å². The van der Waals surface area contributed by atoms with Crippen molar-refractivity contribution in [2.75, 3.05) is 13.2 Å². The van der Waals surface area contributed by atoms with Gasteiger partial charge in [0.1, 0.15) is 12.2 Å². The predicted molar refractivity (Wildman–Crippen MR) is 127 cm³/mol.